The van der Waals surface area contributed by atoms with Gasteiger partial charge in [0.05, 0.1) is 17.4 Å². The number of nitrogens with zero attached hydrogens (tertiary/aromatic N) is 2. The molecule has 1 fully saturated rings. The second kappa shape index (κ2) is 6.33. The van der Waals surface area contributed by atoms with Crippen LogP contribution in [0.15, 0.2) is 59.4 Å². The molecule has 2 aromatic carbocycles. The third kappa shape index (κ3) is 3.03. The Hall–Kier alpha value is -2.96. The van der Waals surface area contributed by atoms with E-state index < -0.39 is 0 Å². The van der Waals surface area contributed by atoms with Gasteiger partial charge in [0.25, 0.3) is 0 Å². The second-order valence-electron chi connectivity index (χ2n) is 7.24. The molecule has 2 heterocycles. The van der Waals surface area contributed by atoms with E-state index >= 15 is 0 Å². The number of aromatic nitrogens is 3. The fraction of sp³-hybridized carbons (Fsp3) is 0.238. The van der Waals surface area contributed by atoms with Crippen molar-refractivity contribution in [1.29, 1.82) is 0 Å². The molecule has 5 N–H and O–H groups in total. The van der Waals surface area contributed by atoms with Gasteiger partial charge in [-0.15, -0.1) is 0 Å². The van der Waals surface area contributed by atoms with Gasteiger partial charge in [-0.25, -0.2) is 4.98 Å². The molecule has 136 valence electrons. The molecule has 2 unspecified atom stereocenters. The highest BCUT2D eigenvalue weighted by molar-refractivity contribution is 5.75. The molecule has 6 heteroatoms. The van der Waals surface area contributed by atoms with Gasteiger partial charge in [0.1, 0.15) is 11.5 Å². The quantitative estimate of drug-likeness (QED) is 0.502. The highest BCUT2D eigenvalue weighted by atomic mass is 16.5. The number of aromatic amines is 1. The summed E-state index contributed by atoms with van der Waals surface area (Å²) in [6.07, 6.45) is 4.08. The second-order valence-corrected chi connectivity index (χ2v) is 7.24. The van der Waals surface area contributed by atoms with Crippen LogP contribution in [0.3, 0.4) is 0 Å². The van der Waals surface area contributed by atoms with Gasteiger partial charge < -0.3 is 21.0 Å². The topological polar surface area (TPSA) is 107 Å². The molecule has 0 bridgehead atoms. The summed E-state index contributed by atoms with van der Waals surface area (Å²) in [6.45, 7) is 0. The van der Waals surface area contributed by atoms with E-state index in [-0.39, 0.29) is 12.1 Å². The number of hydrogen-bond donors (Lipinski definition) is 3. The molecule has 1 aliphatic carbocycles. The minimum absolute atomic E-state index is 0.307. The fourth-order valence-electron chi connectivity index (χ4n) is 3.44. The number of fused-ring (bicyclic) bond motifs is 1. The molecular weight excluding hydrogens is 338 g/mol. The Balaban J connectivity index is 1.36. The molecule has 5 rings (SSSR count). The monoisotopic (exact) mass is 359 g/mol. The molecule has 1 saturated carbocycles. The Labute approximate surface area is 156 Å². The van der Waals surface area contributed by atoms with Crippen LogP contribution >= 0.6 is 0 Å². The third-order valence-corrected chi connectivity index (χ3v) is 5.32. The van der Waals surface area contributed by atoms with Gasteiger partial charge in [-0.3, -0.25) is 0 Å². The first-order valence-corrected chi connectivity index (χ1v) is 9.20. The Morgan fingerprint density at radius 3 is 2.48 bits per heavy atom. The van der Waals surface area contributed by atoms with Crippen molar-refractivity contribution in [2.75, 3.05) is 0 Å². The Morgan fingerprint density at radius 1 is 0.963 bits per heavy atom. The number of nitrogens with two attached hydrogens (primary N) is 2. The van der Waals surface area contributed by atoms with Crippen LogP contribution in [-0.2, 0) is 0 Å². The van der Waals surface area contributed by atoms with Gasteiger partial charge in [0, 0.05) is 29.6 Å². The maximum Gasteiger partial charge on any atom is 0.140 e. The molecule has 4 aromatic rings. The van der Waals surface area contributed by atoms with Crippen LogP contribution < -0.4 is 11.5 Å². The van der Waals surface area contributed by atoms with Crippen LogP contribution in [0.4, 0.5) is 0 Å². The first kappa shape index (κ1) is 16.2. The van der Waals surface area contributed by atoms with Crippen molar-refractivity contribution in [2.45, 2.75) is 30.8 Å². The summed E-state index contributed by atoms with van der Waals surface area (Å²) in [6, 6.07) is 15.4. The number of rotatable bonds is 5. The SMILES string of the molecule is NC(c1ccc(-c2cc(C3CC3)on2)cc1)C(N)c1ccc2nc[nH]c2c1. The van der Waals surface area contributed by atoms with Crippen molar-refractivity contribution in [3.63, 3.8) is 0 Å². The zero-order valence-electron chi connectivity index (χ0n) is 14.8. The van der Waals surface area contributed by atoms with Gasteiger partial charge in [0.15, 0.2) is 0 Å². The fourth-order valence-corrected chi connectivity index (χ4v) is 3.44. The van der Waals surface area contributed by atoms with Crippen molar-refractivity contribution < 1.29 is 4.52 Å². The molecule has 1 aliphatic rings. The minimum Gasteiger partial charge on any atom is -0.360 e. The number of benzene rings is 2. The molecule has 0 aliphatic heterocycles. The summed E-state index contributed by atoms with van der Waals surface area (Å²) in [4.78, 5) is 7.35. The van der Waals surface area contributed by atoms with E-state index in [1.165, 1.54) is 12.8 Å². The van der Waals surface area contributed by atoms with E-state index in [0.717, 1.165) is 39.2 Å². The number of nitrogens with one attached hydrogen (secondary N) is 1. The summed E-state index contributed by atoms with van der Waals surface area (Å²) >= 11 is 0. The van der Waals surface area contributed by atoms with Crippen molar-refractivity contribution in [2.24, 2.45) is 11.5 Å². The molecule has 2 aromatic heterocycles. The molecule has 2 atom stereocenters. The van der Waals surface area contributed by atoms with Crippen molar-refractivity contribution in [3.05, 3.63) is 71.7 Å². The summed E-state index contributed by atoms with van der Waals surface area (Å²) in [7, 11) is 0. The van der Waals surface area contributed by atoms with Gasteiger partial charge in [-0.05, 0) is 36.1 Å². The van der Waals surface area contributed by atoms with Crippen LogP contribution in [0.2, 0.25) is 0 Å². The van der Waals surface area contributed by atoms with Crippen LogP contribution in [0.5, 0.6) is 0 Å². The average Bonchev–Trinajstić information content (AvgIpc) is 3.25. The lowest BCUT2D eigenvalue weighted by Gasteiger charge is -2.21. The minimum atomic E-state index is -0.308. The molecule has 0 saturated heterocycles. The van der Waals surface area contributed by atoms with Crippen molar-refractivity contribution >= 4 is 11.0 Å². The van der Waals surface area contributed by atoms with E-state index in [4.69, 9.17) is 16.0 Å². The average molecular weight is 359 g/mol. The van der Waals surface area contributed by atoms with E-state index in [1.807, 2.05) is 48.5 Å². The number of imidazole rings is 1. The Morgan fingerprint density at radius 2 is 1.70 bits per heavy atom. The smallest absolute Gasteiger partial charge is 0.140 e. The maximum atomic E-state index is 6.45. The largest absolute Gasteiger partial charge is 0.360 e. The van der Waals surface area contributed by atoms with Gasteiger partial charge >= 0.3 is 0 Å². The zero-order valence-corrected chi connectivity index (χ0v) is 14.8. The summed E-state index contributed by atoms with van der Waals surface area (Å²) in [5.41, 5.74) is 18.6. The number of hydrogen-bond acceptors (Lipinski definition) is 5. The van der Waals surface area contributed by atoms with Gasteiger partial charge in [-0.2, -0.15) is 0 Å². The van der Waals surface area contributed by atoms with Crippen molar-refractivity contribution in [3.8, 4) is 11.3 Å². The summed E-state index contributed by atoms with van der Waals surface area (Å²) in [5.74, 6) is 1.55. The Kier molecular flexibility index (Phi) is 3.81. The Bertz CT molecular complexity index is 1080. The standard InChI is InChI=1S/C21H21N5O/c22-20(21(23)15-7-8-16-18(9-15)25-11-24-16)14-5-1-12(2-6-14)17-10-19(27-26-17)13-3-4-13/h1-2,5-11,13,20-21H,3-4,22-23H2,(H,24,25). The van der Waals surface area contributed by atoms with Crippen LogP contribution in [-0.4, -0.2) is 15.1 Å². The normalized spacial score (nSPS) is 16.5. The van der Waals surface area contributed by atoms with Crippen LogP contribution in [0, 0.1) is 0 Å². The summed E-state index contributed by atoms with van der Waals surface area (Å²) < 4.78 is 5.44. The zero-order chi connectivity index (χ0) is 18.4. The molecular formula is C21H21N5O. The predicted octanol–water partition coefficient (Wildman–Crippen LogP) is 3.80. The van der Waals surface area contributed by atoms with Gasteiger partial charge in [-0.1, -0.05) is 35.5 Å². The highest BCUT2D eigenvalue weighted by Crippen LogP contribution is 2.41. The molecule has 0 amide bonds. The molecule has 0 spiro atoms. The van der Waals surface area contributed by atoms with E-state index in [1.54, 1.807) is 6.33 Å². The predicted molar refractivity (Wildman–Crippen MR) is 104 cm³/mol. The van der Waals surface area contributed by atoms with Crippen LogP contribution in [0.1, 0.15) is 47.7 Å². The van der Waals surface area contributed by atoms with Crippen LogP contribution in [0.25, 0.3) is 22.3 Å². The van der Waals surface area contributed by atoms with Gasteiger partial charge in [0.2, 0.25) is 0 Å². The third-order valence-electron chi connectivity index (χ3n) is 5.32. The lowest BCUT2D eigenvalue weighted by atomic mass is 9.93. The van der Waals surface area contributed by atoms with E-state index in [2.05, 4.69) is 15.1 Å². The first-order chi connectivity index (χ1) is 13.2. The number of H-pyrrole nitrogens is 1. The lowest BCUT2D eigenvalue weighted by molar-refractivity contribution is 0.386. The first-order valence-electron chi connectivity index (χ1n) is 9.20. The van der Waals surface area contributed by atoms with Crippen molar-refractivity contribution in [1.82, 2.24) is 15.1 Å². The summed E-state index contributed by atoms with van der Waals surface area (Å²) in [5, 5.41) is 4.19. The van der Waals surface area contributed by atoms with E-state index in [0.29, 0.717) is 5.92 Å². The molecule has 0 radical (unpaired) electrons. The van der Waals surface area contributed by atoms with E-state index in [9.17, 15) is 0 Å². The lowest BCUT2D eigenvalue weighted by Crippen LogP contribution is -2.26. The maximum absolute atomic E-state index is 6.45. The molecule has 27 heavy (non-hydrogen) atoms. The molecule has 6 nitrogen and oxygen atoms in total. The highest BCUT2D eigenvalue weighted by Gasteiger charge is 2.28.